The second kappa shape index (κ2) is 8.45. The van der Waals surface area contributed by atoms with E-state index in [1.807, 2.05) is 108 Å². The van der Waals surface area contributed by atoms with Gasteiger partial charge in [-0.3, -0.25) is 4.57 Å². The van der Waals surface area contributed by atoms with Crippen molar-refractivity contribution < 1.29 is 8.22 Å². The van der Waals surface area contributed by atoms with Gasteiger partial charge in [-0.1, -0.05) is 117 Å². The molecule has 0 bridgehead atoms. The summed E-state index contributed by atoms with van der Waals surface area (Å²) in [7, 11) is 0. The Morgan fingerprint density at radius 1 is 0.550 bits per heavy atom. The van der Waals surface area contributed by atoms with Gasteiger partial charge < -0.3 is 0 Å². The van der Waals surface area contributed by atoms with Crippen LogP contribution in [0.4, 0.5) is 0 Å². The number of hydrogen-bond acceptors (Lipinski definition) is 3. The predicted molar refractivity (Wildman–Crippen MR) is 163 cm³/mol. The van der Waals surface area contributed by atoms with Gasteiger partial charge in [-0.05, 0) is 40.5 Å². The fraction of sp³-hybridized carbons (Fsp3) is 0.0833. The van der Waals surface area contributed by atoms with Gasteiger partial charge in [0.15, 0.2) is 11.6 Å². The van der Waals surface area contributed by atoms with Crippen molar-refractivity contribution in [3.05, 3.63) is 132 Å². The number of rotatable bonds is 3. The number of para-hydroxylation sites is 1. The molecule has 1 aliphatic rings. The van der Waals surface area contributed by atoms with Crippen molar-refractivity contribution in [2.24, 2.45) is 0 Å². The van der Waals surface area contributed by atoms with Gasteiger partial charge in [0.05, 0.1) is 11.0 Å². The topological polar surface area (TPSA) is 43.6 Å². The van der Waals surface area contributed by atoms with Crippen molar-refractivity contribution in [3.8, 4) is 39.9 Å². The fourth-order valence-electron chi connectivity index (χ4n) is 5.85. The van der Waals surface area contributed by atoms with Gasteiger partial charge in [0, 0.05) is 35.5 Å². The molecule has 0 amide bonds. The van der Waals surface area contributed by atoms with Crippen LogP contribution in [0.1, 0.15) is 33.1 Å². The molecule has 0 spiro atoms. The molecule has 1 aliphatic carbocycles. The minimum atomic E-state index is -2.88. The molecular formula is C36H26N4. The minimum Gasteiger partial charge on any atom is -0.278 e. The van der Waals surface area contributed by atoms with Crippen LogP contribution in [0.2, 0.25) is 0 Å². The molecule has 0 saturated heterocycles. The Balaban J connectivity index is 1.50. The van der Waals surface area contributed by atoms with Gasteiger partial charge in [-0.2, -0.15) is 9.97 Å². The van der Waals surface area contributed by atoms with E-state index in [0.29, 0.717) is 34.2 Å². The molecular weight excluding hydrogens is 488 g/mol. The Kier molecular flexibility index (Phi) is 3.70. The van der Waals surface area contributed by atoms with Gasteiger partial charge in [0.1, 0.15) is 0 Å². The van der Waals surface area contributed by atoms with Gasteiger partial charge in [0.25, 0.3) is 0 Å². The maximum Gasteiger partial charge on any atom is 0.238 e. The van der Waals surface area contributed by atoms with Crippen molar-refractivity contribution in [2.75, 3.05) is 0 Å². The Bertz CT molecular complexity index is 2220. The second-order valence-electron chi connectivity index (χ2n) is 10.1. The summed E-state index contributed by atoms with van der Waals surface area (Å²) in [5, 5.41) is 1.74. The SMILES string of the molecule is [2H]C([2H])([2H])C1(C([2H])([2H])[2H])c2ccccc2-c2cc3c4ccccc4n(-c4nc(-c5ccccc5)nc(-c5ccccc5)n4)c3cc21. The summed E-state index contributed by atoms with van der Waals surface area (Å²) >= 11 is 0. The van der Waals surface area contributed by atoms with Crippen LogP contribution < -0.4 is 0 Å². The fourth-order valence-corrected chi connectivity index (χ4v) is 5.85. The molecule has 190 valence electrons. The van der Waals surface area contributed by atoms with Crippen LogP contribution in [0.3, 0.4) is 0 Å². The highest BCUT2D eigenvalue weighted by atomic mass is 15.2. The molecule has 0 aliphatic heterocycles. The summed E-state index contributed by atoms with van der Waals surface area (Å²) in [4.78, 5) is 14.7. The zero-order chi connectivity index (χ0) is 31.8. The van der Waals surface area contributed by atoms with E-state index in [4.69, 9.17) is 23.2 Å². The Labute approximate surface area is 241 Å². The van der Waals surface area contributed by atoms with E-state index in [1.54, 1.807) is 18.2 Å². The number of aromatic nitrogens is 4. The molecule has 5 aromatic carbocycles. The largest absolute Gasteiger partial charge is 0.278 e. The Morgan fingerprint density at radius 2 is 1.18 bits per heavy atom. The summed E-state index contributed by atoms with van der Waals surface area (Å²) in [6, 6.07) is 37.7. The summed E-state index contributed by atoms with van der Waals surface area (Å²) in [5.74, 6) is 1.29. The van der Waals surface area contributed by atoms with Gasteiger partial charge in [-0.15, -0.1) is 0 Å². The third-order valence-corrected chi connectivity index (χ3v) is 7.72. The monoisotopic (exact) mass is 520 g/mol. The van der Waals surface area contributed by atoms with Crippen LogP contribution >= 0.6 is 0 Å². The predicted octanol–water partition coefficient (Wildman–Crippen LogP) is 8.61. The summed E-state index contributed by atoms with van der Waals surface area (Å²) in [5.41, 5.74) is 2.53. The van der Waals surface area contributed by atoms with E-state index in [2.05, 4.69) is 0 Å². The van der Waals surface area contributed by atoms with E-state index in [1.165, 1.54) is 0 Å². The number of nitrogens with zero attached hydrogens (tertiary/aromatic N) is 4. The van der Waals surface area contributed by atoms with Gasteiger partial charge in [-0.25, -0.2) is 4.98 Å². The smallest absolute Gasteiger partial charge is 0.238 e. The second-order valence-corrected chi connectivity index (χ2v) is 10.1. The van der Waals surface area contributed by atoms with Gasteiger partial charge in [0.2, 0.25) is 5.95 Å². The molecule has 0 atom stereocenters. The van der Waals surface area contributed by atoms with Crippen LogP contribution in [0, 0.1) is 0 Å². The average Bonchev–Trinajstić information content (AvgIpc) is 3.54. The molecule has 0 saturated carbocycles. The lowest BCUT2D eigenvalue weighted by Gasteiger charge is -2.21. The summed E-state index contributed by atoms with van der Waals surface area (Å²) < 4.78 is 54.1. The highest BCUT2D eigenvalue weighted by molar-refractivity contribution is 6.11. The summed E-state index contributed by atoms with van der Waals surface area (Å²) in [6.45, 7) is -5.75. The lowest BCUT2D eigenvalue weighted by Crippen LogP contribution is -2.15. The highest BCUT2D eigenvalue weighted by Gasteiger charge is 2.36. The number of hydrogen-bond donors (Lipinski definition) is 0. The third-order valence-electron chi connectivity index (χ3n) is 7.72. The third kappa shape index (κ3) is 3.29. The first kappa shape index (κ1) is 17.5. The molecule has 40 heavy (non-hydrogen) atoms. The molecule has 7 aromatic rings. The van der Waals surface area contributed by atoms with E-state index >= 15 is 0 Å². The van der Waals surface area contributed by atoms with Crippen molar-refractivity contribution >= 4 is 21.8 Å². The molecule has 0 N–H and O–H groups in total. The first-order valence-corrected chi connectivity index (χ1v) is 13.1. The minimum absolute atomic E-state index is 0.242. The molecule has 0 fully saturated rings. The number of benzene rings is 5. The van der Waals surface area contributed by atoms with E-state index in [9.17, 15) is 0 Å². The molecule has 8 rings (SSSR count). The molecule has 0 radical (unpaired) electrons. The Morgan fingerprint density at radius 3 is 1.88 bits per heavy atom. The quantitative estimate of drug-likeness (QED) is 0.234. The van der Waals surface area contributed by atoms with E-state index < -0.39 is 19.1 Å². The lowest BCUT2D eigenvalue weighted by atomic mass is 9.82. The molecule has 4 heteroatoms. The van der Waals surface area contributed by atoms with Gasteiger partial charge >= 0.3 is 0 Å². The average molecular weight is 521 g/mol. The van der Waals surface area contributed by atoms with E-state index in [0.717, 1.165) is 27.4 Å². The first-order chi connectivity index (χ1) is 22.1. The van der Waals surface area contributed by atoms with Crippen molar-refractivity contribution in [1.29, 1.82) is 0 Å². The highest BCUT2D eigenvalue weighted by Crippen LogP contribution is 2.50. The van der Waals surface area contributed by atoms with Crippen molar-refractivity contribution in [3.63, 3.8) is 0 Å². The molecule has 2 heterocycles. The Hall–Kier alpha value is -5.09. The lowest BCUT2D eigenvalue weighted by molar-refractivity contribution is 0.661. The van der Waals surface area contributed by atoms with Crippen LogP contribution in [0.5, 0.6) is 0 Å². The normalized spacial score (nSPS) is 16.3. The van der Waals surface area contributed by atoms with E-state index in [-0.39, 0.29) is 11.1 Å². The maximum absolute atomic E-state index is 8.71. The molecule has 4 nitrogen and oxygen atoms in total. The molecule has 0 unspecified atom stereocenters. The zero-order valence-corrected chi connectivity index (χ0v) is 21.3. The maximum atomic E-state index is 8.71. The van der Waals surface area contributed by atoms with Crippen LogP contribution in [-0.2, 0) is 5.41 Å². The zero-order valence-electron chi connectivity index (χ0n) is 27.3. The number of fused-ring (bicyclic) bond motifs is 6. The van der Waals surface area contributed by atoms with Crippen molar-refractivity contribution in [2.45, 2.75) is 19.1 Å². The van der Waals surface area contributed by atoms with Crippen LogP contribution in [-0.4, -0.2) is 19.5 Å². The van der Waals surface area contributed by atoms with Crippen LogP contribution in [0.25, 0.3) is 61.7 Å². The summed E-state index contributed by atoms with van der Waals surface area (Å²) in [6.07, 6.45) is 0. The van der Waals surface area contributed by atoms with Crippen LogP contribution in [0.15, 0.2) is 121 Å². The standard InChI is InChI=1S/C36H26N4/c1-36(2)29-19-11-9-17-25(29)27-21-28-26-18-10-12-20-31(26)40(32(28)22-30(27)36)35-38-33(23-13-5-3-6-14-23)37-34(39-35)24-15-7-4-8-16-24/h3-22H,1-2H3/i1D3,2D3. The first-order valence-electron chi connectivity index (χ1n) is 16.1. The molecule has 2 aromatic heterocycles. The van der Waals surface area contributed by atoms with Crippen molar-refractivity contribution in [1.82, 2.24) is 19.5 Å².